The third-order valence-electron chi connectivity index (χ3n) is 2.89. The molecule has 1 fully saturated rings. The molecule has 1 aliphatic heterocycles. The highest BCUT2D eigenvalue weighted by atomic mass is 16.5. The Labute approximate surface area is 83.9 Å². The Kier molecular flexibility index (Phi) is 2.38. The predicted octanol–water partition coefficient (Wildman–Crippen LogP) is 1.93. The van der Waals surface area contributed by atoms with E-state index in [-0.39, 0.29) is 5.78 Å². The lowest BCUT2D eigenvalue weighted by Gasteiger charge is -2.32. The van der Waals surface area contributed by atoms with Crippen LogP contribution in [0.25, 0.3) is 0 Å². The van der Waals surface area contributed by atoms with Crippen LogP contribution < -0.4 is 0 Å². The van der Waals surface area contributed by atoms with Crippen molar-refractivity contribution in [2.75, 3.05) is 13.2 Å². The van der Waals surface area contributed by atoms with E-state index in [0.717, 1.165) is 5.56 Å². The normalized spacial score (nSPS) is 27.6. The fourth-order valence-corrected chi connectivity index (χ4v) is 1.85. The van der Waals surface area contributed by atoms with Crippen molar-refractivity contribution in [3.8, 4) is 0 Å². The van der Waals surface area contributed by atoms with Gasteiger partial charge >= 0.3 is 0 Å². The monoisotopic (exact) mass is 190 g/mol. The fraction of sp³-hybridized carbons (Fsp3) is 0.417. The van der Waals surface area contributed by atoms with Gasteiger partial charge in [0.05, 0.1) is 18.6 Å². The molecule has 1 aromatic carbocycles. The van der Waals surface area contributed by atoms with Crippen molar-refractivity contribution in [2.24, 2.45) is 0 Å². The summed E-state index contributed by atoms with van der Waals surface area (Å²) in [5.41, 5.74) is 0.629. The minimum atomic E-state index is -0.431. The van der Waals surface area contributed by atoms with E-state index in [9.17, 15) is 4.79 Å². The molecule has 1 saturated heterocycles. The van der Waals surface area contributed by atoms with Gasteiger partial charge < -0.3 is 4.74 Å². The second-order valence-electron chi connectivity index (χ2n) is 3.92. The highest BCUT2D eigenvalue weighted by Gasteiger charge is 2.37. The van der Waals surface area contributed by atoms with Crippen molar-refractivity contribution >= 4 is 5.78 Å². The van der Waals surface area contributed by atoms with Crippen molar-refractivity contribution in [3.05, 3.63) is 35.9 Å². The van der Waals surface area contributed by atoms with Crippen molar-refractivity contribution in [2.45, 2.75) is 18.8 Å². The van der Waals surface area contributed by atoms with Gasteiger partial charge in [0.25, 0.3) is 0 Å². The smallest absolute Gasteiger partial charge is 0.147 e. The third-order valence-corrected chi connectivity index (χ3v) is 2.89. The molecular formula is C12H14O2. The molecule has 0 N–H and O–H groups in total. The fourth-order valence-electron chi connectivity index (χ4n) is 1.85. The van der Waals surface area contributed by atoms with E-state index in [2.05, 4.69) is 0 Å². The molecule has 0 amide bonds. The Bertz CT molecular complexity index is 331. The van der Waals surface area contributed by atoms with Crippen LogP contribution in [0, 0.1) is 0 Å². The molecule has 2 heteroatoms. The molecule has 0 unspecified atom stereocenters. The number of hydrogen-bond donors (Lipinski definition) is 0. The van der Waals surface area contributed by atoms with Crippen molar-refractivity contribution in [3.63, 3.8) is 0 Å². The predicted molar refractivity (Wildman–Crippen MR) is 54.2 cm³/mol. The largest absolute Gasteiger partial charge is 0.380 e. The number of Topliss-reactive ketones (excluding diaryl/α,β-unsaturated/α-hetero) is 1. The third kappa shape index (κ3) is 1.46. The van der Waals surface area contributed by atoms with Crippen molar-refractivity contribution in [1.82, 2.24) is 0 Å². The van der Waals surface area contributed by atoms with Gasteiger partial charge in [0.1, 0.15) is 5.78 Å². The average Bonchev–Trinajstić information content (AvgIpc) is 2.24. The first-order valence-electron chi connectivity index (χ1n) is 4.90. The number of hydrogen-bond acceptors (Lipinski definition) is 2. The van der Waals surface area contributed by atoms with E-state index in [4.69, 9.17) is 4.74 Å². The SMILES string of the molecule is C[C@@]1(c2ccccc2)COCCC1=O. The molecule has 74 valence electrons. The zero-order valence-corrected chi connectivity index (χ0v) is 8.32. The highest BCUT2D eigenvalue weighted by molar-refractivity contribution is 5.90. The molecule has 2 nitrogen and oxygen atoms in total. The maximum Gasteiger partial charge on any atom is 0.147 e. The number of ketones is 1. The van der Waals surface area contributed by atoms with Gasteiger partial charge in [-0.2, -0.15) is 0 Å². The molecule has 2 rings (SSSR count). The van der Waals surface area contributed by atoms with Gasteiger partial charge in [-0.05, 0) is 12.5 Å². The minimum absolute atomic E-state index is 0.287. The Hall–Kier alpha value is -1.15. The molecule has 0 spiro atoms. The second kappa shape index (κ2) is 3.54. The topological polar surface area (TPSA) is 26.3 Å². The lowest BCUT2D eigenvalue weighted by atomic mass is 9.77. The van der Waals surface area contributed by atoms with E-state index in [1.54, 1.807) is 0 Å². The van der Waals surface area contributed by atoms with E-state index in [1.165, 1.54) is 0 Å². The molecule has 1 heterocycles. The minimum Gasteiger partial charge on any atom is -0.380 e. The first-order chi connectivity index (χ1) is 6.73. The Morgan fingerprint density at radius 3 is 2.64 bits per heavy atom. The van der Waals surface area contributed by atoms with Crippen molar-refractivity contribution < 1.29 is 9.53 Å². The number of benzene rings is 1. The van der Waals surface area contributed by atoms with E-state index in [0.29, 0.717) is 19.6 Å². The summed E-state index contributed by atoms with van der Waals surface area (Å²) in [7, 11) is 0. The second-order valence-corrected chi connectivity index (χ2v) is 3.92. The van der Waals surface area contributed by atoms with Gasteiger partial charge in [0.2, 0.25) is 0 Å². The van der Waals surface area contributed by atoms with Crippen molar-refractivity contribution in [1.29, 1.82) is 0 Å². The summed E-state index contributed by atoms with van der Waals surface area (Å²) in [4.78, 5) is 11.8. The molecule has 0 radical (unpaired) electrons. The van der Waals surface area contributed by atoms with Crippen LogP contribution in [0.1, 0.15) is 18.9 Å². The summed E-state index contributed by atoms with van der Waals surface area (Å²) in [6.07, 6.45) is 0.533. The standard InChI is InChI=1S/C12H14O2/c1-12(9-14-8-7-11(12)13)10-5-3-2-4-6-10/h2-6H,7-9H2,1H3/t12-/m0/s1. The van der Waals surface area contributed by atoms with E-state index < -0.39 is 5.41 Å². The van der Waals surface area contributed by atoms with Crippen LogP contribution in [-0.4, -0.2) is 19.0 Å². The number of rotatable bonds is 1. The molecule has 1 aromatic rings. The zero-order valence-electron chi connectivity index (χ0n) is 8.32. The number of carbonyl (C=O) groups excluding carboxylic acids is 1. The zero-order chi connectivity index (χ0) is 10.0. The maximum absolute atomic E-state index is 11.8. The summed E-state index contributed by atoms with van der Waals surface area (Å²) in [6.45, 7) is 3.04. The molecule has 1 aliphatic rings. The van der Waals surface area contributed by atoms with Crippen LogP contribution in [0.4, 0.5) is 0 Å². The number of ether oxygens (including phenoxy) is 1. The lowest BCUT2D eigenvalue weighted by molar-refractivity contribution is -0.132. The van der Waals surface area contributed by atoms with Gasteiger partial charge in [0, 0.05) is 6.42 Å². The van der Waals surface area contributed by atoms with Crippen LogP contribution >= 0.6 is 0 Å². The average molecular weight is 190 g/mol. The quantitative estimate of drug-likeness (QED) is 0.676. The van der Waals surface area contributed by atoms with Gasteiger partial charge in [-0.25, -0.2) is 0 Å². The first-order valence-corrected chi connectivity index (χ1v) is 4.90. The van der Waals surface area contributed by atoms with E-state index in [1.807, 2.05) is 37.3 Å². The molecule has 0 aromatic heterocycles. The van der Waals surface area contributed by atoms with Gasteiger partial charge in [-0.3, -0.25) is 4.79 Å². The maximum atomic E-state index is 11.8. The summed E-state index contributed by atoms with van der Waals surface area (Å²) in [5.74, 6) is 0.287. The summed E-state index contributed by atoms with van der Waals surface area (Å²) in [6, 6.07) is 9.87. The molecule has 14 heavy (non-hydrogen) atoms. The number of carbonyl (C=O) groups is 1. The first kappa shape index (κ1) is 9.41. The molecule has 0 aliphatic carbocycles. The molecule has 0 bridgehead atoms. The van der Waals surface area contributed by atoms with Crippen LogP contribution in [0.3, 0.4) is 0 Å². The van der Waals surface area contributed by atoms with Gasteiger partial charge in [0.15, 0.2) is 0 Å². The molecule has 0 saturated carbocycles. The summed E-state index contributed by atoms with van der Waals surface area (Å²) >= 11 is 0. The lowest BCUT2D eigenvalue weighted by Crippen LogP contribution is -2.41. The molecule has 1 atom stereocenters. The Morgan fingerprint density at radius 1 is 1.29 bits per heavy atom. The van der Waals surface area contributed by atoms with Crippen LogP contribution in [0.15, 0.2) is 30.3 Å². The summed E-state index contributed by atoms with van der Waals surface area (Å²) in [5, 5.41) is 0. The molecular weight excluding hydrogens is 176 g/mol. The van der Waals surface area contributed by atoms with Crippen LogP contribution in [-0.2, 0) is 14.9 Å². The van der Waals surface area contributed by atoms with Gasteiger partial charge in [-0.1, -0.05) is 30.3 Å². The summed E-state index contributed by atoms with van der Waals surface area (Å²) < 4.78 is 5.39. The van der Waals surface area contributed by atoms with E-state index >= 15 is 0 Å². The van der Waals surface area contributed by atoms with Crippen LogP contribution in [0.5, 0.6) is 0 Å². The Morgan fingerprint density at radius 2 is 2.00 bits per heavy atom. The highest BCUT2D eigenvalue weighted by Crippen LogP contribution is 2.29. The Balaban J connectivity index is 2.35. The van der Waals surface area contributed by atoms with Crippen LogP contribution in [0.2, 0.25) is 0 Å². The van der Waals surface area contributed by atoms with Gasteiger partial charge in [-0.15, -0.1) is 0 Å².